The molecule has 5 heteroatoms. The Balaban J connectivity index is 2.12. The zero-order valence-electron chi connectivity index (χ0n) is 7.62. The number of hydrogen-bond donors (Lipinski definition) is 2. The van der Waals surface area contributed by atoms with E-state index in [0.29, 0.717) is 18.4 Å². The molecule has 0 radical (unpaired) electrons. The summed E-state index contributed by atoms with van der Waals surface area (Å²) in [6.07, 6.45) is -4.09. The predicted molar refractivity (Wildman–Crippen MR) is 44.4 cm³/mol. The van der Waals surface area contributed by atoms with Gasteiger partial charge in [-0.15, -0.1) is 0 Å². The van der Waals surface area contributed by atoms with Crippen LogP contribution in [0.25, 0.3) is 0 Å². The van der Waals surface area contributed by atoms with Gasteiger partial charge in [-0.05, 0) is 31.5 Å². The van der Waals surface area contributed by atoms with Crippen molar-refractivity contribution in [2.45, 2.75) is 13.1 Å². The molecule has 2 N–H and O–H groups in total. The van der Waals surface area contributed by atoms with Gasteiger partial charge in [-0.25, -0.2) is 0 Å². The van der Waals surface area contributed by atoms with Crippen LogP contribution in [0.2, 0.25) is 0 Å². The molecule has 0 bridgehead atoms. The molecular formula is C8H15F3N2. The van der Waals surface area contributed by atoms with Crippen molar-refractivity contribution in [3.8, 4) is 0 Å². The van der Waals surface area contributed by atoms with Gasteiger partial charge in [-0.1, -0.05) is 6.92 Å². The molecule has 1 heterocycles. The quantitative estimate of drug-likeness (QED) is 0.703. The summed E-state index contributed by atoms with van der Waals surface area (Å²) < 4.78 is 35.2. The SMILES string of the molecule is C[C@@H]1CNC[C@H]1CNCC(F)(F)F. The molecule has 2 atom stereocenters. The molecule has 78 valence electrons. The average Bonchev–Trinajstić information content (AvgIpc) is 2.34. The average molecular weight is 196 g/mol. The monoisotopic (exact) mass is 196 g/mol. The highest BCUT2D eigenvalue weighted by atomic mass is 19.4. The van der Waals surface area contributed by atoms with E-state index in [1.165, 1.54) is 0 Å². The van der Waals surface area contributed by atoms with E-state index in [-0.39, 0.29) is 0 Å². The number of hydrogen-bond acceptors (Lipinski definition) is 2. The van der Waals surface area contributed by atoms with Crippen molar-refractivity contribution in [3.05, 3.63) is 0 Å². The van der Waals surface area contributed by atoms with Gasteiger partial charge in [0.05, 0.1) is 6.54 Å². The minimum atomic E-state index is -4.09. The normalized spacial score (nSPS) is 29.5. The Hall–Kier alpha value is -0.290. The maximum Gasteiger partial charge on any atom is 0.401 e. The Morgan fingerprint density at radius 2 is 2.08 bits per heavy atom. The lowest BCUT2D eigenvalue weighted by Gasteiger charge is -2.15. The van der Waals surface area contributed by atoms with Crippen LogP contribution in [-0.4, -0.2) is 32.4 Å². The highest BCUT2D eigenvalue weighted by Gasteiger charge is 2.28. The Labute approximate surface area is 75.9 Å². The summed E-state index contributed by atoms with van der Waals surface area (Å²) in [6.45, 7) is 3.37. The second kappa shape index (κ2) is 4.28. The van der Waals surface area contributed by atoms with Crippen molar-refractivity contribution in [1.82, 2.24) is 10.6 Å². The third-order valence-electron chi connectivity index (χ3n) is 2.41. The minimum absolute atomic E-state index is 0.336. The molecular weight excluding hydrogens is 181 g/mol. The highest BCUT2D eigenvalue weighted by molar-refractivity contribution is 4.79. The summed E-state index contributed by atoms with van der Waals surface area (Å²) in [5, 5.41) is 5.58. The third-order valence-corrected chi connectivity index (χ3v) is 2.41. The molecule has 1 saturated heterocycles. The number of halogens is 3. The van der Waals surface area contributed by atoms with Crippen molar-refractivity contribution in [2.75, 3.05) is 26.2 Å². The molecule has 0 unspecified atom stereocenters. The van der Waals surface area contributed by atoms with Gasteiger partial charge < -0.3 is 10.6 Å². The zero-order valence-corrected chi connectivity index (χ0v) is 7.62. The first-order valence-electron chi connectivity index (χ1n) is 4.47. The molecule has 1 aliphatic heterocycles. The second-order valence-corrected chi connectivity index (χ2v) is 3.64. The van der Waals surface area contributed by atoms with Crippen molar-refractivity contribution in [2.24, 2.45) is 11.8 Å². The van der Waals surface area contributed by atoms with Crippen molar-refractivity contribution in [3.63, 3.8) is 0 Å². The lowest BCUT2D eigenvalue weighted by molar-refractivity contribution is -0.125. The van der Waals surface area contributed by atoms with Crippen LogP contribution in [0.3, 0.4) is 0 Å². The first kappa shape index (κ1) is 10.8. The van der Waals surface area contributed by atoms with E-state index in [1.54, 1.807) is 0 Å². The molecule has 0 aromatic heterocycles. The molecule has 0 amide bonds. The molecule has 2 nitrogen and oxygen atoms in total. The molecule has 1 aliphatic rings. The van der Waals surface area contributed by atoms with Gasteiger partial charge in [0.25, 0.3) is 0 Å². The standard InChI is InChI=1S/C8H15F3N2/c1-6-2-12-3-7(6)4-13-5-8(9,10)11/h6-7,12-13H,2-5H2,1H3/t6-,7+/m1/s1. The molecule has 1 fully saturated rings. The van der Waals surface area contributed by atoms with Crippen LogP contribution >= 0.6 is 0 Å². The largest absolute Gasteiger partial charge is 0.401 e. The Morgan fingerprint density at radius 1 is 1.38 bits per heavy atom. The molecule has 0 aromatic rings. The van der Waals surface area contributed by atoms with Crippen LogP contribution in [0.5, 0.6) is 0 Å². The first-order valence-corrected chi connectivity index (χ1v) is 4.47. The summed E-state index contributed by atoms with van der Waals surface area (Å²) in [7, 11) is 0. The van der Waals surface area contributed by atoms with Gasteiger partial charge in [0.15, 0.2) is 0 Å². The molecule has 0 aromatic carbocycles. The van der Waals surface area contributed by atoms with E-state index < -0.39 is 12.7 Å². The fraction of sp³-hybridized carbons (Fsp3) is 1.00. The zero-order chi connectivity index (χ0) is 9.90. The van der Waals surface area contributed by atoms with Crippen LogP contribution < -0.4 is 10.6 Å². The van der Waals surface area contributed by atoms with Crippen LogP contribution in [0.4, 0.5) is 13.2 Å². The van der Waals surface area contributed by atoms with Gasteiger partial charge in [0.1, 0.15) is 0 Å². The number of rotatable bonds is 3. The fourth-order valence-electron chi connectivity index (χ4n) is 1.54. The molecule has 13 heavy (non-hydrogen) atoms. The summed E-state index contributed by atoms with van der Waals surface area (Å²) in [5.74, 6) is 0.808. The van der Waals surface area contributed by atoms with Crippen molar-refractivity contribution >= 4 is 0 Å². The van der Waals surface area contributed by atoms with Crippen LogP contribution in [0, 0.1) is 11.8 Å². The lowest BCUT2D eigenvalue weighted by Crippen LogP contribution is -2.34. The van der Waals surface area contributed by atoms with E-state index in [4.69, 9.17) is 0 Å². The molecule has 0 aliphatic carbocycles. The topological polar surface area (TPSA) is 24.1 Å². The fourth-order valence-corrected chi connectivity index (χ4v) is 1.54. The maximum atomic E-state index is 11.7. The summed E-state index contributed by atoms with van der Waals surface area (Å²) in [6, 6.07) is 0. The van der Waals surface area contributed by atoms with Crippen molar-refractivity contribution < 1.29 is 13.2 Å². The second-order valence-electron chi connectivity index (χ2n) is 3.64. The van der Waals surface area contributed by atoms with Gasteiger partial charge in [0, 0.05) is 0 Å². The number of alkyl halides is 3. The van der Waals surface area contributed by atoms with Crippen LogP contribution in [-0.2, 0) is 0 Å². The minimum Gasteiger partial charge on any atom is -0.316 e. The van der Waals surface area contributed by atoms with E-state index in [0.717, 1.165) is 13.1 Å². The highest BCUT2D eigenvalue weighted by Crippen LogP contribution is 2.16. The molecule has 0 saturated carbocycles. The van der Waals surface area contributed by atoms with E-state index >= 15 is 0 Å². The van der Waals surface area contributed by atoms with Gasteiger partial charge in [0.2, 0.25) is 0 Å². The van der Waals surface area contributed by atoms with Gasteiger partial charge in [-0.2, -0.15) is 13.2 Å². The number of nitrogens with one attached hydrogen (secondary N) is 2. The summed E-state index contributed by atoms with van der Waals surface area (Å²) >= 11 is 0. The Kier molecular flexibility index (Phi) is 3.55. The smallest absolute Gasteiger partial charge is 0.316 e. The summed E-state index contributed by atoms with van der Waals surface area (Å²) in [4.78, 5) is 0. The Bertz CT molecular complexity index is 158. The first-order chi connectivity index (χ1) is 5.99. The summed E-state index contributed by atoms with van der Waals surface area (Å²) in [5.41, 5.74) is 0. The van der Waals surface area contributed by atoms with Gasteiger partial charge >= 0.3 is 6.18 Å². The molecule has 0 spiro atoms. The molecule has 1 rings (SSSR count). The van der Waals surface area contributed by atoms with E-state index in [9.17, 15) is 13.2 Å². The third kappa shape index (κ3) is 3.95. The van der Waals surface area contributed by atoms with E-state index in [1.807, 2.05) is 0 Å². The van der Waals surface area contributed by atoms with E-state index in [2.05, 4.69) is 17.6 Å². The van der Waals surface area contributed by atoms with Crippen LogP contribution in [0.1, 0.15) is 6.92 Å². The van der Waals surface area contributed by atoms with Gasteiger partial charge in [-0.3, -0.25) is 0 Å². The predicted octanol–water partition coefficient (Wildman–Crippen LogP) is 0.994. The van der Waals surface area contributed by atoms with Crippen LogP contribution in [0.15, 0.2) is 0 Å². The lowest BCUT2D eigenvalue weighted by atomic mass is 9.98. The Morgan fingerprint density at radius 3 is 2.54 bits per heavy atom. The maximum absolute atomic E-state index is 11.7. The van der Waals surface area contributed by atoms with Crippen molar-refractivity contribution in [1.29, 1.82) is 0 Å².